The van der Waals surface area contributed by atoms with Crippen molar-refractivity contribution in [2.24, 2.45) is 5.92 Å². The van der Waals surface area contributed by atoms with Crippen LogP contribution < -0.4 is 10.5 Å². The molecule has 0 aliphatic carbocycles. The normalized spacial score (nSPS) is 17.1. The van der Waals surface area contributed by atoms with Crippen LogP contribution >= 0.6 is 0 Å². The number of benzene rings is 1. The average Bonchev–Trinajstić information content (AvgIpc) is 3.38. The number of rotatable bonds is 4. The fraction of sp³-hybridized carbons (Fsp3) is 0.429. The molecule has 2 aliphatic heterocycles. The molecule has 0 radical (unpaired) electrons. The van der Waals surface area contributed by atoms with E-state index in [1.807, 2.05) is 4.90 Å². The number of carbonyl (C=O) groups excluding carboxylic acids is 1. The smallest absolute Gasteiger partial charge is 0.293 e. The summed E-state index contributed by atoms with van der Waals surface area (Å²) in [6.45, 7) is 3.60. The minimum Gasteiger partial charge on any atom is -0.371 e. The topological polar surface area (TPSA) is 75.7 Å². The second kappa shape index (κ2) is 7.35. The van der Waals surface area contributed by atoms with Crippen molar-refractivity contribution in [2.45, 2.75) is 25.8 Å². The minimum atomic E-state index is -0.291. The fourth-order valence-corrected chi connectivity index (χ4v) is 4.49. The molecule has 0 N–H and O–H groups in total. The van der Waals surface area contributed by atoms with Crippen LogP contribution in [-0.2, 0) is 17.8 Å². The summed E-state index contributed by atoms with van der Waals surface area (Å²) in [5.41, 5.74) is 2.94. The Labute approximate surface area is 168 Å². The SMILES string of the molecule is O=C(Cn1ncn2nccc2c1=O)N1CCC(CN2CCc3ccccc32)CC1. The third kappa shape index (κ3) is 3.39. The molecule has 0 saturated carbocycles. The van der Waals surface area contributed by atoms with Crippen molar-refractivity contribution in [3.63, 3.8) is 0 Å². The van der Waals surface area contributed by atoms with Gasteiger partial charge in [-0.1, -0.05) is 18.2 Å². The number of hydrogen-bond donors (Lipinski definition) is 0. The largest absolute Gasteiger partial charge is 0.371 e. The lowest BCUT2D eigenvalue weighted by atomic mass is 9.96. The van der Waals surface area contributed by atoms with Crippen molar-refractivity contribution in [1.82, 2.24) is 24.3 Å². The maximum absolute atomic E-state index is 12.7. The van der Waals surface area contributed by atoms with Crippen molar-refractivity contribution in [1.29, 1.82) is 0 Å². The number of para-hydroxylation sites is 1. The lowest BCUT2D eigenvalue weighted by molar-refractivity contribution is -0.133. The van der Waals surface area contributed by atoms with E-state index >= 15 is 0 Å². The van der Waals surface area contributed by atoms with Gasteiger partial charge in [0, 0.05) is 31.9 Å². The molecule has 150 valence electrons. The summed E-state index contributed by atoms with van der Waals surface area (Å²) in [6, 6.07) is 10.3. The fourth-order valence-electron chi connectivity index (χ4n) is 4.49. The summed E-state index contributed by atoms with van der Waals surface area (Å²) in [5.74, 6) is 0.544. The standard InChI is InChI=1S/C21H24N6O2/c28-20(14-26-21(29)19-5-9-22-27(19)15-23-26)24-10-6-16(7-11-24)13-25-12-8-17-3-1-2-4-18(17)25/h1-5,9,15-16H,6-8,10-14H2. The summed E-state index contributed by atoms with van der Waals surface area (Å²) in [6.07, 6.45) is 6.12. The molecule has 29 heavy (non-hydrogen) atoms. The van der Waals surface area contributed by atoms with Gasteiger partial charge in [-0.15, -0.1) is 0 Å². The van der Waals surface area contributed by atoms with Crippen LogP contribution in [0.1, 0.15) is 18.4 Å². The number of fused-ring (bicyclic) bond motifs is 2. The predicted octanol–water partition coefficient (Wildman–Crippen LogP) is 1.19. The highest BCUT2D eigenvalue weighted by atomic mass is 16.2. The van der Waals surface area contributed by atoms with Gasteiger partial charge in [0.15, 0.2) is 0 Å². The summed E-state index contributed by atoms with van der Waals surface area (Å²) in [7, 11) is 0. The van der Waals surface area contributed by atoms with Crippen LogP contribution in [0.2, 0.25) is 0 Å². The van der Waals surface area contributed by atoms with Gasteiger partial charge >= 0.3 is 0 Å². The van der Waals surface area contributed by atoms with Crippen molar-refractivity contribution in [2.75, 3.05) is 31.1 Å². The molecule has 2 aliphatic rings. The number of likely N-dealkylation sites (tertiary alicyclic amines) is 1. The summed E-state index contributed by atoms with van der Waals surface area (Å²) in [5, 5.41) is 8.06. The Bertz CT molecular complexity index is 1100. The van der Waals surface area contributed by atoms with Crippen LogP contribution in [0.3, 0.4) is 0 Å². The van der Waals surface area contributed by atoms with Gasteiger partial charge < -0.3 is 9.80 Å². The summed E-state index contributed by atoms with van der Waals surface area (Å²) in [4.78, 5) is 29.5. The highest BCUT2D eigenvalue weighted by molar-refractivity contribution is 5.76. The molecule has 8 nitrogen and oxygen atoms in total. The molecule has 4 heterocycles. The molecule has 5 rings (SSSR count). The van der Waals surface area contributed by atoms with Gasteiger partial charge in [-0.05, 0) is 42.9 Å². The number of piperidine rings is 1. The lowest BCUT2D eigenvalue weighted by Gasteiger charge is -2.34. The zero-order valence-corrected chi connectivity index (χ0v) is 16.3. The van der Waals surface area contributed by atoms with Gasteiger partial charge in [0.05, 0.1) is 6.20 Å². The van der Waals surface area contributed by atoms with E-state index in [0.717, 1.165) is 45.4 Å². The second-order valence-electron chi connectivity index (χ2n) is 7.90. The first-order valence-electron chi connectivity index (χ1n) is 10.2. The molecule has 3 aromatic rings. The molecule has 0 spiro atoms. The Hall–Kier alpha value is -3.16. The number of anilines is 1. The van der Waals surface area contributed by atoms with Gasteiger partial charge in [-0.25, -0.2) is 9.20 Å². The molecule has 1 amide bonds. The molecule has 0 atom stereocenters. The Balaban J connectivity index is 1.18. The maximum Gasteiger partial charge on any atom is 0.293 e. The van der Waals surface area contributed by atoms with Gasteiger partial charge in [0.2, 0.25) is 5.91 Å². The third-order valence-corrected chi connectivity index (χ3v) is 6.14. The number of hydrogen-bond acceptors (Lipinski definition) is 5. The van der Waals surface area contributed by atoms with Crippen LogP contribution in [0.25, 0.3) is 5.52 Å². The zero-order chi connectivity index (χ0) is 19.8. The van der Waals surface area contributed by atoms with Gasteiger partial charge in [0.25, 0.3) is 5.56 Å². The Morgan fingerprint density at radius 3 is 2.76 bits per heavy atom. The van der Waals surface area contributed by atoms with E-state index in [4.69, 9.17) is 0 Å². The van der Waals surface area contributed by atoms with Crippen molar-refractivity contribution in [3.05, 3.63) is 58.8 Å². The van der Waals surface area contributed by atoms with Gasteiger partial charge in [-0.3, -0.25) is 9.59 Å². The van der Waals surface area contributed by atoms with Crippen molar-refractivity contribution >= 4 is 17.1 Å². The van der Waals surface area contributed by atoms with E-state index in [-0.39, 0.29) is 18.0 Å². The molecule has 1 saturated heterocycles. The molecule has 1 fully saturated rings. The second-order valence-corrected chi connectivity index (χ2v) is 7.90. The third-order valence-electron chi connectivity index (χ3n) is 6.14. The molecular weight excluding hydrogens is 368 g/mol. The highest BCUT2D eigenvalue weighted by Crippen LogP contribution is 2.30. The van der Waals surface area contributed by atoms with E-state index in [1.165, 1.54) is 26.8 Å². The van der Waals surface area contributed by atoms with Crippen molar-refractivity contribution in [3.8, 4) is 0 Å². The van der Waals surface area contributed by atoms with Gasteiger partial charge in [-0.2, -0.15) is 10.2 Å². The maximum atomic E-state index is 12.7. The first-order valence-corrected chi connectivity index (χ1v) is 10.2. The monoisotopic (exact) mass is 392 g/mol. The average molecular weight is 392 g/mol. The molecule has 1 aromatic carbocycles. The number of nitrogens with zero attached hydrogens (tertiary/aromatic N) is 6. The van der Waals surface area contributed by atoms with Crippen LogP contribution in [0.4, 0.5) is 5.69 Å². The van der Waals surface area contributed by atoms with Crippen molar-refractivity contribution < 1.29 is 4.79 Å². The predicted molar refractivity (Wildman–Crippen MR) is 109 cm³/mol. The first-order chi connectivity index (χ1) is 14.2. The lowest BCUT2D eigenvalue weighted by Crippen LogP contribution is -2.44. The molecule has 2 aromatic heterocycles. The quantitative estimate of drug-likeness (QED) is 0.667. The van der Waals surface area contributed by atoms with Crippen LogP contribution in [0, 0.1) is 5.92 Å². The highest BCUT2D eigenvalue weighted by Gasteiger charge is 2.27. The number of amides is 1. The molecule has 0 unspecified atom stereocenters. The Kier molecular flexibility index (Phi) is 4.54. The van der Waals surface area contributed by atoms with E-state index in [0.29, 0.717) is 11.4 Å². The van der Waals surface area contributed by atoms with Gasteiger partial charge in [0.1, 0.15) is 18.4 Å². The molecule has 0 bridgehead atoms. The Morgan fingerprint density at radius 1 is 1.07 bits per heavy atom. The minimum absolute atomic E-state index is 0.0231. The molecular formula is C21H24N6O2. The summed E-state index contributed by atoms with van der Waals surface area (Å²) >= 11 is 0. The van der Waals surface area contributed by atoms with E-state index in [9.17, 15) is 9.59 Å². The zero-order valence-electron chi connectivity index (χ0n) is 16.3. The first kappa shape index (κ1) is 17.9. The number of aromatic nitrogens is 4. The van der Waals surface area contributed by atoms with Crippen LogP contribution in [0.15, 0.2) is 47.7 Å². The van der Waals surface area contributed by atoms with Crippen LogP contribution in [-0.4, -0.2) is 56.4 Å². The number of carbonyl (C=O) groups is 1. The van der Waals surface area contributed by atoms with E-state index in [2.05, 4.69) is 39.4 Å². The van der Waals surface area contributed by atoms with Crippen LogP contribution in [0.5, 0.6) is 0 Å². The van der Waals surface area contributed by atoms with E-state index < -0.39 is 0 Å². The summed E-state index contributed by atoms with van der Waals surface area (Å²) < 4.78 is 2.65. The van der Waals surface area contributed by atoms with E-state index in [1.54, 1.807) is 12.3 Å². The molecule has 8 heteroatoms. The Morgan fingerprint density at radius 2 is 1.90 bits per heavy atom.